The lowest BCUT2D eigenvalue weighted by molar-refractivity contribution is 0.134. The summed E-state index contributed by atoms with van der Waals surface area (Å²) in [6.07, 6.45) is 2.21. The summed E-state index contributed by atoms with van der Waals surface area (Å²) >= 11 is 0. The van der Waals surface area contributed by atoms with Crippen LogP contribution in [0.5, 0.6) is 0 Å². The molecule has 0 unspecified atom stereocenters. The Bertz CT molecular complexity index is 322. The van der Waals surface area contributed by atoms with E-state index in [0.29, 0.717) is 0 Å². The SMILES string of the molecule is CCOCc1ccc2c(c1)CC[C@H]2N. The highest BCUT2D eigenvalue weighted by atomic mass is 16.5. The topological polar surface area (TPSA) is 35.2 Å². The summed E-state index contributed by atoms with van der Waals surface area (Å²) in [5.41, 5.74) is 9.96. The maximum Gasteiger partial charge on any atom is 0.0716 e. The van der Waals surface area contributed by atoms with E-state index in [-0.39, 0.29) is 6.04 Å². The molecule has 1 aliphatic rings. The predicted molar refractivity (Wildman–Crippen MR) is 57.0 cm³/mol. The van der Waals surface area contributed by atoms with Crippen LogP contribution in [0.1, 0.15) is 36.1 Å². The van der Waals surface area contributed by atoms with Crippen LogP contribution < -0.4 is 5.73 Å². The van der Waals surface area contributed by atoms with E-state index in [2.05, 4.69) is 18.2 Å². The van der Waals surface area contributed by atoms with Crippen molar-refractivity contribution >= 4 is 0 Å². The van der Waals surface area contributed by atoms with E-state index in [1.54, 1.807) is 0 Å². The molecular weight excluding hydrogens is 174 g/mol. The lowest BCUT2D eigenvalue weighted by Crippen LogP contribution is -2.05. The van der Waals surface area contributed by atoms with Crippen LogP contribution in [0, 0.1) is 0 Å². The minimum atomic E-state index is 0.256. The van der Waals surface area contributed by atoms with Crippen LogP contribution in [0.3, 0.4) is 0 Å². The van der Waals surface area contributed by atoms with E-state index in [9.17, 15) is 0 Å². The summed E-state index contributed by atoms with van der Waals surface area (Å²) in [6.45, 7) is 3.51. The van der Waals surface area contributed by atoms with Gasteiger partial charge >= 0.3 is 0 Å². The zero-order valence-corrected chi connectivity index (χ0v) is 8.62. The second-order valence-corrected chi connectivity index (χ2v) is 3.82. The average molecular weight is 191 g/mol. The summed E-state index contributed by atoms with van der Waals surface area (Å²) in [7, 11) is 0. The monoisotopic (exact) mass is 191 g/mol. The van der Waals surface area contributed by atoms with E-state index in [1.165, 1.54) is 16.7 Å². The fourth-order valence-corrected chi connectivity index (χ4v) is 2.01. The summed E-state index contributed by atoms with van der Waals surface area (Å²) in [4.78, 5) is 0. The molecule has 1 aliphatic carbocycles. The number of fused-ring (bicyclic) bond motifs is 1. The predicted octanol–water partition coefficient (Wildman–Crippen LogP) is 2.17. The number of benzene rings is 1. The molecule has 0 saturated carbocycles. The van der Waals surface area contributed by atoms with Crippen molar-refractivity contribution in [3.63, 3.8) is 0 Å². The molecule has 0 fully saturated rings. The zero-order chi connectivity index (χ0) is 9.97. The van der Waals surface area contributed by atoms with Gasteiger partial charge in [0, 0.05) is 12.6 Å². The number of nitrogens with two attached hydrogens (primary N) is 1. The molecule has 1 aromatic carbocycles. The molecule has 2 N–H and O–H groups in total. The fourth-order valence-electron chi connectivity index (χ4n) is 2.01. The highest BCUT2D eigenvalue weighted by molar-refractivity contribution is 5.37. The molecule has 0 radical (unpaired) electrons. The molecule has 0 bridgehead atoms. The molecule has 14 heavy (non-hydrogen) atoms. The minimum absolute atomic E-state index is 0.256. The third kappa shape index (κ3) is 1.81. The zero-order valence-electron chi connectivity index (χ0n) is 8.62. The number of hydrogen-bond donors (Lipinski definition) is 1. The molecule has 2 rings (SSSR count). The van der Waals surface area contributed by atoms with Crippen LogP contribution in [-0.2, 0) is 17.8 Å². The summed E-state index contributed by atoms with van der Waals surface area (Å²) in [6, 6.07) is 6.77. The lowest BCUT2D eigenvalue weighted by atomic mass is 10.1. The third-order valence-electron chi connectivity index (χ3n) is 2.80. The van der Waals surface area contributed by atoms with E-state index in [0.717, 1.165) is 26.1 Å². The molecule has 0 saturated heterocycles. The van der Waals surface area contributed by atoms with Gasteiger partial charge in [-0.25, -0.2) is 0 Å². The van der Waals surface area contributed by atoms with Crippen LogP contribution in [0.2, 0.25) is 0 Å². The lowest BCUT2D eigenvalue weighted by Gasteiger charge is -2.07. The number of ether oxygens (including phenoxy) is 1. The first-order chi connectivity index (χ1) is 6.81. The van der Waals surface area contributed by atoms with Crippen LogP contribution in [0.25, 0.3) is 0 Å². The van der Waals surface area contributed by atoms with Gasteiger partial charge in [-0.3, -0.25) is 0 Å². The van der Waals surface area contributed by atoms with E-state index in [4.69, 9.17) is 10.5 Å². The van der Waals surface area contributed by atoms with Gasteiger partial charge in [-0.05, 0) is 36.5 Å². The highest BCUT2D eigenvalue weighted by Gasteiger charge is 2.18. The maximum absolute atomic E-state index is 5.97. The molecule has 0 amide bonds. The first-order valence-corrected chi connectivity index (χ1v) is 5.26. The fraction of sp³-hybridized carbons (Fsp3) is 0.500. The second kappa shape index (κ2) is 4.11. The van der Waals surface area contributed by atoms with Crippen molar-refractivity contribution in [1.82, 2.24) is 0 Å². The largest absolute Gasteiger partial charge is 0.377 e. The van der Waals surface area contributed by atoms with E-state index in [1.807, 2.05) is 6.92 Å². The van der Waals surface area contributed by atoms with Crippen LogP contribution in [-0.4, -0.2) is 6.61 Å². The van der Waals surface area contributed by atoms with Crippen LogP contribution in [0.4, 0.5) is 0 Å². The van der Waals surface area contributed by atoms with Crippen molar-refractivity contribution in [2.75, 3.05) is 6.61 Å². The Hall–Kier alpha value is -0.860. The average Bonchev–Trinajstić information content (AvgIpc) is 2.57. The van der Waals surface area contributed by atoms with Crippen molar-refractivity contribution in [1.29, 1.82) is 0 Å². The van der Waals surface area contributed by atoms with Crippen LogP contribution >= 0.6 is 0 Å². The summed E-state index contributed by atoms with van der Waals surface area (Å²) < 4.78 is 5.37. The van der Waals surface area contributed by atoms with E-state index < -0.39 is 0 Å². The third-order valence-corrected chi connectivity index (χ3v) is 2.80. The molecule has 0 spiro atoms. The van der Waals surface area contributed by atoms with Crippen molar-refractivity contribution in [2.24, 2.45) is 5.73 Å². The van der Waals surface area contributed by atoms with Gasteiger partial charge in [0.1, 0.15) is 0 Å². The second-order valence-electron chi connectivity index (χ2n) is 3.82. The standard InChI is InChI=1S/C12H17NO/c1-2-14-8-9-3-5-11-10(7-9)4-6-12(11)13/h3,5,7,12H,2,4,6,8,13H2,1H3/t12-/m1/s1. The Morgan fingerprint density at radius 1 is 1.50 bits per heavy atom. The summed E-state index contributed by atoms with van der Waals surface area (Å²) in [5.74, 6) is 0. The van der Waals surface area contributed by atoms with Gasteiger partial charge in [-0.2, -0.15) is 0 Å². The number of aryl methyl sites for hydroxylation is 1. The molecule has 2 nitrogen and oxygen atoms in total. The van der Waals surface area contributed by atoms with Crippen molar-refractivity contribution in [3.05, 3.63) is 34.9 Å². The molecule has 0 heterocycles. The Morgan fingerprint density at radius 3 is 3.14 bits per heavy atom. The first kappa shape index (κ1) is 9.69. The van der Waals surface area contributed by atoms with E-state index >= 15 is 0 Å². The number of hydrogen-bond acceptors (Lipinski definition) is 2. The van der Waals surface area contributed by atoms with Gasteiger partial charge in [-0.15, -0.1) is 0 Å². The quantitative estimate of drug-likeness (QED) is 0.794. The van der Waals surface area contributed by atoms with Gasteiger partial charge in [-0.1, -0.05) is 18.2 Å². The first-order valence-electron chi connectivity index (χ1n) is 5.26. The number of rotatable bonds is 3. The van der Waals surface area contributed by atoms with Gasteiger partial charge in [0.25, 0.3) is 0 Å². The molecule has 1 atom stereocenters. The molecule has 76 valence electrons. The van der Waals surface area contributed by atoms with Gasteiger partial charge < -0.3 is 10.5 Å². The smallest absolute Gasteiger partial charge is 0.0716 e. The van der Waals surface area contributed by atoms with Crippen molar-refractivity contribution in [3.8, 4) is 0 Å². The van der Waals surface area contributed by atoms with Crippen molar-refractivity contribution in [2.45, 2.75) is 32.4 Å². The van der Waals surface area contributed by atoms with Gasteiger partial charge in [0.05, 0.1) is 6.61 Å². The summed E-state index contributed by atoms with van der Waals surface area (Å²) in [5, 5.41) is 0. The Balaban J connectivity index is 2.15. The van der Waals surface area contributed by atoms with Gasteiger partial charge in [0.15, 0.2) is 0 Å². The Morgan fingerprint density at radius 2 is 2.36 bits per heavy atom. The Labute approximate surface area is 85.1 Å². The minimum Gasteiger partial charge on any atom is -0.377 e. The molecule has 0 aliphatic heterocycles. The molecule has 1 aromatic rings. The van der Waals surface area contributed by atoms with Crippen molar-refractivity contribution < 1.29 is 4.74 Å². The maximum atomic E-state index is 5.97. The normalized spacial score (nSPS) is 19.7. The van der Waals surface area contributed by atoms with Gasteiger partial charge in [0.2, 0.25) is 0 Å². The molecule has 2 heteroatoms. The molecule has 0 aromatic heterocycles. The Kier molecular flexibility index (Phi) is 2.85. The highest BCUT2D eigenvalue weighted by Crippen LogP contribution is 2.29. The van der Waals surface area contributed by atoms with Crippen LogP contribution in [0.15, 0.2) is 18.2 Å². The molecular formula is C12H17NO.